The Morgan fingerprint density at radius 1 is 1.38 bits per heavy atom. The number of aromatic carboxylic acids is 1. The number of aryl methyl sites for hydroxylation is 1. The number of carboxylic acid groups (broad SMARTS) is 1. The summed E-state index contributed by atoms with van der Waals surface area (Å²) in [6.07, 6.45) is 0. The molecule has 0 amide bonds. The lowest BCUT2D eigenvalue weighted by Crippen LogP contribution is -2.29. The van der Waals surface area contributed by atoms with E-state index in [1.165, 1.54) is 6.07 Å². The van der Waals surface area contributed by atoms with Gasteiger partial charge >= 0.3 is 5.97 Å². The molecule has 1 aromatic rings. The van der Waals surface area contributed by atoms with E-state index in [-0.39, 0.29) is 5.56 Å². The summed E-state index contributed by atoms with van der Waals surface area (Å²) in [6.45, 7) is 7.87. The van der Waals surface area contributed by atoms with Crippen LogP contribution in [-0.4, -0.2) is 19.4 Å². The van der Waals surface area contributed by atoms with Gasteiger partial charge in [0.05, 0.1) is 10.6 Å². The van der Waals surface area contributed by atoms with Crippen molar-refractivity contribution < 1.29 is 14.3 Å². The molecular weight excluding hydrogens is 244 g/mol. The van der Waals surface area contributed by atoms with Gasteiger partial charge in [-0.15, -0.1) is 0 Å². The molecule has 0 fully saturated rings. The highest BCUT2D eigenvalue weighted by Gasteiger charge is 2.19. The van der Waals surface area contributed by atoms with Crippen molar-refractivity contribution in [1.82, 2.24) is 0 Å². The number of hydrogen-bond donors (Lipinski definition) is 1. The molecule has 0 radical (unpaired) electrons. The van der Waals surface area contributed by atoms with Crippen molar-refractivity contribution in [2.45, 2.75) is 26.6 Å². The van der Waals surface area contributed by atoms with Crippen LogP contribution in [0.2, 0.25) is 24.7 Å². The van der Waals surface area contributed by atoms with Gasteiger partial charge in [0.2, 0.25) is 8.32 Å². The molecule has 0 aliphatic rings. The maximum atomic E-state index is 10.9. The summed E-state index contributed by atoms with van der Waals surface area (Å²) in [6, 6.07) is 3.12. The maximum absolute atomic E-state index is 10.9. The monoisotopic (exact) mass is 258 g/mol. The van der Waals surface area contributed by atoms with Crippen molar-refractivity contribution >= 4 is 25.9 Å². The molecule has 1 aromatic carbocycles. The van der Waals surface area contributed by atoms with Gasteiger partial charge in [-0.1, -0.05) is 11.6 Å². The van der Waals surface area contributed by atoms with E-state index in [2.05, 4.69) is 0 Å². The van der Waals surface area contributed by atoms with Crippen molar-refractivity contribution in [2.24, 2.45) is 0 Å². The van der Waals surface area contributed by atoms with Gasteiger partial charge in [-0.2, -0.15) is 0 Å². The molecule has 1 N–H and O–H groups in total. The van der Waals surface area contributed by atoms with Crippen molar-refractivity contribution in [3.8, 4) is 5.75 Å². The molecule has 16 heavy (non-hydrogen) atoms. The molecule has 0 saturated heterocycles. The second-order valence-corrected chi connectivity index (χ2v) is 9.45. The number of rotatable bonds is 3. The summed E-state index contributed by atoms with van der Waals surface area (Å²) in [7, 11) is -1.73. The fourth-order valence-corrected chi connectivity index (χ4v) is 2.39. The molecule has 0 bridgehead atoms. The van der Waals surface area contributed by atoms with Crippen LogP contribution < -0.4 is 4.43 Å². The van der Waals surface area contributed by atoms with Gasteiger partial charge in [0.25, 0.3) is 0 Å². The van der Waals surface area contributed by atoms with Crippen molar-refractivity contribution in [1.29, 1.82) is 0 Å². The Hall–Kier alpha value is -1.00. The predicted molar refractivity (Wildman–Crippen MR) is 67.1 cm³/mol. The van der Waals surface area contributed by atoms with Crippen LogP contribution in [0.3, 0.4) is 0 Å². The number of halogens is 1. The van der Waals surface area contributed by atoms with Gasteiger partial charge in [-0.25, -0.2) is 4.79 Å². The second-order valence-electron chi connectivity index (χ2n) is 4.62. The molecule has 88 valence electrons. The lowest BCUT2D eigenvalue weighted by Gasteiger charge is -2.20. The lowest BCUT2D eigenvalue weighted by atomic mass is 10.1. The Morgan fingerprint density at radius 2 is 1.94 bits per heavy atom. The standard InChI is InChI=1S/C11H15ClO3Si/c1-7-5-10(15-16(2,3)4)9(12)6-8(7)11(13)14/h5-6H,1-4H3,(H,13,14). The van der Waals surface area contributed by atoms with Gasteiger partial charge in [-0.3, -0.25) is 0 Å². The smallest absolute Gasteiger partial charge is 0.336 e. The van der Waals surface area contributed by atoms with Crippen LogP contribution in [0.25, 0.3) is 0 Å². The van der Waals surface area contributed by atoms with E-state index in [9.17, 15) is 4.79 Å². The van der Waals surface area contributed by atoms with E-state index in [1.807, 2.05) is 19.6 Å². The Morgan fingerprint density at radius 3 is 2.38 bits per heavy atom. The van der Waals surface area contributed by atoms with Crippen LogP contribution in [0, 0.1) is 6.92 Å². The van der Waals surface area contributed by atoms with E-state index >= 15 is 0 Å². The minimum atomic E-state index is -1.73. The number of carboxylic acids is 1. The van der Waals surface area contributed by atoms with Crippen LogP contribution >= 0.6 is 11.6 Å². The van der Waals surface area contributed by atoms with Gasteiger partial charge in [0, 0.05) is 0 Å². The summed E-state index contributed by atoms with van der Waals surface area (Å²) in [5.74, 6) is -0.401. The first-order chi connectivity index (χ1) is 7.20. The molecular formula is C11H15ClO3Si. The Kier molecular flexibility index (Phi) is 3.65. The van der Waals surface area contributed by atoms with E-state index in [1.54, 1.807) is 13.0 Å². The zero-order valence-corrected chi connectivity index (χ0v) is 11.6. The molecule has 0 saturated carbocycles. The molecule has 0 atom stereocenters. The lowest BCUT2D eigenvalue weighted by molar-refractivity contribution is 0.0696. The van der Waals surface area contributed by atoms with E-state index in [0.717, 1.165) is 0 Å². The first kappa shape index (κ1) is 13.1. The zero-order chi connectivity index (χ0) is 12.5. The summed E-state index contributed by atoms with van der Waals surface area (Å²) >= 11 is 5.99. The van der Waals surface area contributed by atoms with Crippen molar-refractivity contribution in [3.63, 3.8) is 0 Å². The molecule has 0 aliphatic heterocycles. The van der Waals surface area contributed by atoms with Gasteiger partial charge in [0.1, 0.15) is 5.75 Å². The average Bonchev–Trinajstić information content (AvgIpc) is 2.07. The van der Waals surface area contributed by atoms with Gasteiger partial charge < -0.3 is 9.53 Å². The van der Waals surface area contributed by atoms with Crippen LogP contribution in [0.15, 0.2) is 12.1 Å². The average molecular weight is 259 g/mol. The van der Waals surface area contributed by atoms with Crippen LogP contribution in [-0.2, 0) is 0 Å². The topological polar surface area (TPSA) is 46.5 Å². The van der Waals surface area contributed by atoms with E-state index < -0.39 is 14.3 Å². The van der Waals surface area contributed by atoms with E-state index in [4.69, 9.17) is 21.1 Å². The highest BCUT2D eigenvalue weighted by Crippen LogP contribution is 2.30. The van der Waals surface area contributed by atoms with E-state index in [0.29, 0.717) is 16.3 Å². The fourth-order valence-electron chi connectivity index (χ4n) is 1.29. The minimum Gasteiger partial charge on any atom is -0.543 e. The van der Waals surface area contributed by atoms with Crippen LogP contribution in [0.4, 0.5) is 0 Å². The molecule has 5 heteroatoms. The molecule has 3 nitrogen and oxygen atoms in total. The summed E-state index contributed by atoms with van der Waals surface area (Å²) in [5, 5.41) is 9.28. The van der Waals surface area contributed by atoms with Crippen LogP contribution in [0.1, 0.15) is 15.9 Å². The van der Waals surface area contributed by atoms with Crippen molar-refractivity contribution in [2.75, 3.05) is 0 Å². The highest BCUT2D eigenvalue weighted by atomic mass is 35.5. The molecule has 0 aliphatic carbocycles. The Balaban J connectivity index is 3.16. The summed E-state index contributed by atoms with van der Waals surface area (Å²) in [4.78, 5) is 10.9. The fraction of sp³-hybridized carbons (Fsp3) is 0.364. The third-order valence-electron chi connectivity index (χ3n) is 1.93. The maximum Gasteiger partial charge on any atom is 0.336 e. The number of carbonyl (C=O) groups is 1. The quantitative estimate of drug-likeness (QED) is 0.844. The highest BCUT2D eigenvalue weighted by molar-refractivity contribution is 6.70. The number of hydrogen-bond acceptors (Lipinski definition) is 2. The second kappa shape index (κ2) is 4.47. The summed E-state index contributed by atoms with van der Waals surface area (Å²) < 4.78 is 5.76. The van der Waals surface area contributed by atoms with Gasteiger partial charge in [-0.05, 0) is 44.3 Å². The van der Waals surface area contributed by atoms with Gasteiger partial charge in [0.15, 0.2) is 0 Å². The largest absolute Gasteiger partial charge is 0.543 e. The SMILES string of the molecule is Cc1cc(O[Si](C)(C)C)c(Cl)cc1C(=O)O. The van der Waals surface area contributed by atoms with Crippen molar-refractivity contribution in [3.05, 3.63) is 28.3 Å². The molecule has 1 rings (SSSR count). The Labute approximate surface area is 101 Å². The first-order valence-electron chi connectivity index (χ1n) is 4.93. The zero-order valence-electron chi connectivity index (χ0n) is 9.80. The summed E-state index contributed by atoms with van der Waals surface area (Å²) in [5.41, 5.74) is 0.873. The first-order valence-corrected chi connectivity index (χ1v) is 8.72. The number of benzene rings is 1. The Bertz CT molecular complexity index is 424. The molecule has 0 heterocycles. The third-order valence-corrected chi connectivity index (χ3v) is 3.05. The molecule has 0 aromatic heterocycles. The predicted octanol–water partition coefficient (Wildman–Crippen LogP) is 3.56. The van der Waals surface area contributed by atoms with Crippen LogP contribution in [0.5, 0.6) is 5.75 Å². The third kappa shape index (κ3) is 3.25. The minimum absolute atomic E-state index is 0.216. The molecule has 0 unspecified atom stereocenters. The molecule has 0 spiro atoms. The normalized spacial score (nSPS) is 11.3.